The molecule has 0 spiro atoms. The number of hydrogen-bond acceptors (Lipinski definition) is 2. The molecule has 2 aromatic carbocycles. The van der Waals surface area contributed by atoms with Gasteiger partial charge in [0.05, 0.1) is 0 Å². The molecule has 3 nitrogen and oxygen atoms in total. The summed E-state index contributed by atoms with van der Waals surface area (Å²) in [7, 11) is 0. The van der Waals surface area contributed by atoms with Gasteiger partial charge in [0, 0.05) is 18.7 Å². The van der Waals surface area contributed by atoms with Crippen LogP contribution in [0.4, 0.5) is 5.69 Å². The summed E-state index contributed by atoms with van der Waals surface area (Å²) in [6.45, 7) is 5.90. The van der Waals surface area contributed by atoms with Crippen LogP contribution >= 0.6 is 12.4 Å². The van der Waals surface area contributed by atoms with Crippen molar-refractivity contribution in [3.8, 4) is 0 Å². The van der Waals surface area contributed by atoms with Crippen LogP contribution in [0.5, 0.6) is 0 Å². The third-order valence-electron chi connectivity index (χ3n) is 3.93. The van der Waals surface area contributed by atoms with E-state index in [0.717, 1.165) is 37.2 Å². The minimum Gasteiger partial charge on any atom is -0.326 e. The van der Waals surface area contributed by atoms with Crippen molar-refractivity contribution in [2.24, 2.45) is 0 Å². The van der Waals surface area contributed by atoms with Crippen LogP contribution in [0.1, 0.15) is 37.0 Å². The number of carbonyl (C=O) groups is 1. The van der Waals surface area contributed by atoms with Gasteiger partial charge < -0.3 is 10.6 Å². The zero-order chi connectivity index (χ0) is 16.5. The minimum absolute atomic E-state index is 0. The lowest BCUT2D eigenvalue weighted by Crippen LogP contribution is -2.17. The number of hydrogen-bond donors (Lipinski definition) is 2. The number of benzene rings is 2. The number of amides is 1. The van der Waals surface area contributed by atoms with Crippen molar-refractivity contribution in [2.75, 3.05) is 11.9 Å². The molecule has 24 heavy (non-hydrogen) atoms. The SMILES string of the molecule is CCNCc1ccccc1NC(=O)CCc1ccc(CC)cc1.Cl. The highest BCUT2D eigenvalue weighted by Crippen LogP contribution is 2.15. The molecule has 0 saturated carbocycles. The largest absolute Gasteiger partial charge is 0.326 e. The highest BCUT2D eigenvalue weighted by Gasteiger charge is 2.06. The maximum atomic E-state index is 12.2. The van der Waals surface area contributed by atoms with Gasteiger partial charge in [-0.05, 0) is 42.1 Å². The lowest BCUT2D eigenvalue weighted by Gasteiger charge is -2.11. The second kappa shape index (κ2) is 10.8. The molecule has 0 bridgehead atoms. The molecule has 0 unspecified atom stereocenters. The molecule has 0 aliphatic heterocycles. The first kappa shape index (κ1) is 20.2. The molecule has 130 valence electrons. The van der Waals surface area contributed by atoms with Crippen molar-refractivity contribution in [2.45, 2.75) is 39.7 Å². The Balaban J connectivity index is 0.00000288. The van der Waals surface area contributed by atoms with Crippen molar-refractivity contribution >= 4 is 24.0 Å². The Morgan fingerprint density at radius 2 is 1.62 bits per heavy atom. The molecule has 0 heterocycles. The average Bonchev–Trinajstić information content (AvgIpc) is 2.59. The molecule has 0 aliphatic carbocycles. The summed E-state index contributed by atoms with van der Waals surface area (Å²) in [5.41, 5.74) is 4.56. The molecule has 2 rings (SSSR count). The fourth-order valence-electron chi connectivity index (χ4n) is 2.47. The normalized spacial score (nSPS) is 10.1. The van der Waals surface area contributed by atoms with Crippen molar-refractivity contribution in [1.82, 2.24) is 5.32 Å². The third kappa shape index (κ3) is 6.34. The summed E-state index contributed by atoms with van der Waals surface area (Å²) in [5.74, 6) is 0.0634. The Morgan fingerprint density at radius 3 is 2.29 bits per heavy atom. The topological polar surface area (TPSA) is 41.1 Å². The van der Waals surface area contributed by atoms with Crippen molar-refractivity contribution in [1.29, 1.82) is 0 Å². The van der Waals surface area contributed by atoms with Crippen LogP contribution in [0.15, 0.2) is 48.5 Å². The summed E-state index contributed by atoms with van der Waals surface area (Å²) in [5, 5.41) is 6.33. The number of carbonyl (C=O) groups excluding carboxylic acids is 1. The summed E-state index contributed by atoms with van der Waals surface area (Å²) in [4.78, 5) is 12.2. The van der Waals surface area contributed by atoms with Crippen molar-refractivity contribution in [3.63, 3.8) is 0 Å². The molecule has 0 radical (unpaired) electrons. The van der Waals surface area contributed by atoms with Gasteiger partial charge in [-0.3, -0.25) is 4.79 Å². The van der Waals surface area contributed by atoms with E-state index in [9.17, 15) is 4.79 Å². The highest BCUT2D eigenvalue weighted by atomic mass is 35.5. The Kier molecular flexibility index (Phi) is 9.13. The molecule has 4 heteroatoms. The number of nitrogens with one attached hydrogen (secondary N) is 2. The Morgan fingerprint density at radius 1 is 0.958 bits per heavy atom. The Bertz CT molecular complexity index is 626. The molecule has 0 saturated heterocycles. The molecule has 1 amide bonds. The fourth-order valence-corrected chi connectivity index (χ4v) is 2.47. The molecule has 0 aromatic heterocycles. The van der Waals surface area contributed by atoms with Gasteiger partial charge in [-0.25, -0.2) is 0 Å². The summed E-state index contributed by atoms with van der Waals surface area (Å²) < 4.78 is 0. The molecule has 0 fully saturated rings. The molecule has 2 N–H and O–H groups in total. The lowest BCUT2D eigenvalue weighted by molar-refractivity contribution is -0.116. The van der Waals surface area contributed by atoms with E-state index in [1.165, 1.54) is 11.1 Å². The van der Waals surface area contributed by atoms with Gasteiger partial charge in [-0.15, -0.1) is 12.4 Å². The second-order valence-electron chi connectivity index (χ2n) is 5.66. The van der Waals surface area contributed by atoms with E-state index < -0.39 is 0 Å². The van der Waals surface area contributed by atoms with E-state index in [0.29, 0.717) is 6.42 Å². The van der Waals surface area contributed by atoms with Gasteiger partial charge in [-0.1, -0.05) is 56.3 Å². The summed E-state index contributed by atoms with van der Waals surface area (Å²) >= 11 is 0. The molecule has 0 atom stereocenters. The Hall–Kier alpha value is -1.84. The minimum atomic E-state index is 0. The first-order valence-electron chi connectivity index (χ1n) is 8.39. The zero-order valence-electron chi connectivity index (χ0n) is 14.5. The van der Waals surface area contributed by atoms with Crippen molar-refractivity contribution in [3.05, 3.63) is 65.2 Å². The lowest BCUT2D eigenvalue weighted by atomic mass is 10.1. The van der Waals surface area contributed by atoms with E-state index in [1.807, 2.05) is 24.3 Å². The highest BCUT2D eigenvalue weighted by molar-refractivity contribution is 5.91. The molecule has 0 aliphatic rings. The van der Waals surface area contributed by atoms with Gasteiger partial charge in [0.2, 0.25) is 5.91 Å². The van der Waals surface area contributed by atoms with Crippen LogP contribution in [0.3, 0.4) is 0 Å². The first-order valence-corrected chi connectivity index (χ1v) is 8.39. The van der Waals surface area contributed by atoms with Gasteiger partial charge in [0.15, 0.2) is 0 Å². The Labute approximate surface area is 151 Å². The molecule has 2 aromatic rings. The summed E-state index contributed by atoms with van der Waals surface area (Å²) in [6, 6.07) is 16.5. The smallest absolute Gasteiger partial charge is 0.224 e. The first-order chi connectivity index (χ1) is 11.2. The van der Waals surface area contributed by atoms with Crippen LogP contribution in [-0.4, -0.2) is 12.5 Å². The number of para-hydroxylation sites is 1. The monoisotopic (exact) mass is 346 g/mol. The van der Waals surface area contributed by atoms with E-state index >= 15 is 0 Å². The van der Waals surface area contributed by atoms with Gasteiger partial charge >= 0.3 is 0 Å². The predicted molar refractivity (Wildman–Crippen MR) is 104 cm³/mol. The fraction of sp³-hybridized carbons (Fsp3) is 0.350. The van der Waals surface area contributed by atoms with Crippen LogP contribution in [0.25, 0.3) is 0 Å². The third-order valence-corrected chi connectivity index (χ3v) is 3.93. The van der Waals surface area contributed by atoms with Gasteiger partial charge in [0.25, 0.3) is 0 Å². The number of aryl methyl sites for hydroxylation is 2. The number of anilines is 1. The van der Waals surface area contributed by atoms with Crippen molar-refractivity contribution < 1.29 is 4.79 Å². The summed E-state index contributed by atoms with van der Waals surface area (Å²) in [6.07, 6.45) is 2.32. The maximum absolute atomic E-state index is 12.2. The maximum Gasteiger partial charge on any atom is 0.224 e. The van der Waals surface area contributed by atoms with E-state index in [-0.39, 0.29) is 18.3 Å². The predicted octanol–water partition coefficient (Wildman–Crippen LogP) is 4.35. The van der Waals surface area contributed by atoms with E-state index in [2.05, 4.69) is 48.7 Å². The van der Waals surface area contributed by atoms with E-state index in [4.69, 9.17) is 0 Å². The van der Waals surface area contributed by atoms with Gasteiger partial charge in [-0.2, -0.15) is 0 Å². The number of halogens is 1. The van der Waals surface area contributed by atoms with Crippen LogP contribution in [-0.2, 0) is 24.2 Å². The van der Waals surface area contributed by atoms with Crippen LogP contribution < -0.4 is 10.6 Å². The number of rotatable bonds is 8. The average molecular weight is 347 g/mol. The van der Waals surface area contributed by atoms with E-state index in [1.54, 1.807) is 0 Å². The van der Waals surface area contributed by atoms with Crippen LogP contribution in [0.2, 0.25) is 0 Å². The second-order valence-corrected chi connectivity index (χ2v) is 5.66. The van der Waals surface area contributed by atoms with Gasteiger partial charge in [0.1, 0.15) is 0 Å². The standard InChI is InChI=1S/C20H26N2O.ClH/c1-3-16-9-11-17(12-10-16)13-14-20(23)22-19-8-6-5-7-18(19)15-21-4-2;/h5-12,21H,3-4,13-15H2,1-2H3,(H,22,23);1H. The molecular weight excluding hydrogens is 320 g/mol. The quantitative estimate of drug-likeness (QED) is 0.746. The van der Waals surface area contributed by atoms with Crippen LogP contribution in [0, 0.1) is 0 Å². The zero-order valence-corrected chi connectivity index (χ0v) is 15.3. The molecular formula is C20H27ClN2O.